The average Bonchev–Trinajstić information content (AvgIpc) is 2.69. The SMILES string of the molecule is CCCCOC(CC)NC(=O)C(C)SSC(C)C(=O)NC(CC)OCCCC. The predicted octanol–water partition coefficient (Wildman–Crippen LogP) is 4.48. The second kappa shape index (κ2) is 17.4. The van der Waals surface area contributed by atoms with Crippen molar-refractivity contribution >= 4 is 33.4 Å². The zero-order chi connectivity index (χ0) is 21.4. The Kier molecular flexibility index (Phi) is 17.1. The van der Waals surface area contributed by atoms with Gasteiger partial charge < -0.3 is 20.1 Å². The molecule has 0 radical (unpaired) electrons. The quantitative estimate of drug-likeness (QED) is 0.199. The first-order valence-corrected chi connectivity index (χ1v) is 12.8. The van der Waals surface area contributed by atoms with Crippen LogP contribution in [-0.2, 0) is 19.1 Å². The van der Waals surface area contributed by atoms with Crippen molar-refractivity contribution in [1.82, 2.24) is 10.6 Å². The Morgan fingerprint density at radius 1 is 0.750 bits per heavy atom. The highest BCUT2D eigenvalue weighted by Gasteiger charge is 2.22. The number of ether oxygens (including phenoxy) is 2. The Hall–Kier alpha value is -0.440. The van der Waals surface area contributed by atoms with E-state index in [1.54, 1.807) is 0 Å². The minimum Gasteiger partial charge on any atom is -0.359 e. The summed E-state index contributed by atoms with van der Waals surface area (Å²) in [6, 6.07) is 0. The van der Waals surface area contributed by atoms with Gasteiger partial charge in [-0.2, -0.15) is 0 Å². The van der Waals surface area contributed by atoms with Gasteiger partial charge in [0.15, 0.2) is 0 Å². The minimum absolute atomic E-state index is 0.0669. The van der Waals surface area contributed by atoms with Crippen LogP contribution in [0.1, 0.15) is 80.1 Å². The van der Waals surface area contributed by atoms with E-state index in [2.05, 4.69) is 24.5 Å². The second-order valence-corrected chi connectivity index (χ2v) is 9.69. The van der Waals surface area contributed by atoms with E-state index >= 15 is 0 Å². The molecule has 0 aromatic heterocycles. The molecule has 4 atom stereocenters. The molecule has 0 rings (SSSR count). The Balaban J connectivity index is 4.26. The number of hydrogen-bond acceptors (Lipinski definition) is 6. The summed E-state index contributed by atoms with van der Waals surface area (Å²) in [6.07, 6.45) is 5.06. The lowest BCUT2D eigenvalue weighted by atomic mass is 10.3. The topological polar surface area (TPSA) is 76.7 Å². The van der Waals surface area contributed by atoms with E-state index in [-0.39, 0.29) is 34.8 Å². The molecule has 2 amide bonds. The molecule has 0 aromatic rings. The zero-order valence-electron chi connectivity index (χ0n) is 18.4. The first kappa shape index (κ1) is 27.6. The molecule has 0 spiro atoms. The molecule has 28 heavy (non-hydrogen) atoms. The fourth-order valence-corrected chi connectivity index (χ4v) is 4.24. The van der Waals surface area contributed by atoms with Gasteiger partial charge in [-0.3, -0.25) is 9.59 Å². The Morgan fingerprint density at radius 3 is 1.39 bits per heavy atom. The van der Waals surface area contributed by atoms with Crippen LogP contribution in [0, 0.1) is 0 Å². The number of carbonyl (C=O) groups is 2. The molecule has 0 aliphatic heterocycles. The molecular formula is C20H40N2O4S2. The van der Waals surface area contributed by atoms with Crippen molar-refractivity contribution in [2.75, 3.05) is 13.2 Å². The van der Waals surface area contributed by atoms with Crippen molar-refractivity contribution in [3.63, 3.8) is 0 Å². The zero-order valence-corrected chi connectivity index (χ0v) is 20.0. The fraction of sp³-hybridized carbons (Fsp3) is 0.900. The van der Waals surface area contributed by atoms with Crippen LogP contribution in [0.4, 0.5) is 0 Å². The summed E-state index contributed by atoms with van der Waals surface area (Å²) in [5.41, 5.74) is 0. The van der Waals surface area contributed by atoms with E-state index in [4.69, 9.17) is 9.47 Å². The fourth-order valence-electron chi connectivity index (χ4n) is 2.07. The molecule has 0 bridgehead atoms. The van der Waals surface area contributed by atoms with Crippen molar-refractivity contribution < 1.29 is 19.1 Å². The molecule has 166 valence electrons. The largest absolute Gasteiger partial charge is 0.359 e. The summed E-state index contributed by atoms with van der Waals surface area (Å²) in [5, 5.41) is 5.32. The van der Waals surface area contributed by atoms with Crippen LogP contribution >= 0.6 is 21.6 Å². The highest BCUT2D eigenvalue weighted by atomic mass is 33.1. The first-order valence-electron chi connectivity index (χ1n) is 10.5. The maximum Gasteiger partial charge on any atom is 0.235 e. The van der Waals surface area contributed by atoms with Crippen LogP contribution in [0.25, 0.3) is 0 Å². The molecule has 8 heteroatoms. The van der Waals surface area contributed by atoms with Crippen molar-refractivity contribution in [2.45, 2.75) is 103 Å². The van der Waals surface area contributed by atoms with Crippen LogP contribution in [0.3, 0.4) is 0 Å². The summed E-state index contributed by atoms with van der Waals surface area (Å²) in [5.74, 6) is -0.134. The van der Waals surface area contributed by atoms with Gasteiger partial charge in [-0.25, -0.2) is 0 Å². The lowest BCUT2D eigenvalue weighted by Gasteiger charge is -2.22. The lowest BCUT2D eigenvalue weighted by molar-refractivity contribution is -0.125. The van der Waals surface area contributed by atoms with Crippen molar-refractivity contribution in [2.24, 2.45) is 0 Å². The van der Waals surface area contributed by atoms with E-state index in [1.807, 2.05) is 27.7 Å². The van der Waals surface area contributed by atoms with Gasteiger partial charge in [0.05, 0.1) is 10.5 Å². The monoisotopic (exact) mass is 436 g/mol. The van der Waals surface area contributed by atoms with Crippen LogP contribution in [0.5, 0.6) is 0 Å². The molecule has 0 saturated carbocycles. The number of nitrogens with one attached hydrogen (secondary N) is 2. The van der Waals surface area contributed by atoms with Gasteiger partial charge in [0.2, 0.25) is 11.8 Å². The summed E-state index contributed by atoms with van der Waals surface area (Å²) in [4.78, 5) is 24.7. The van der Waals surface area contributed by atoms with E-state index in [0.29, 0.717) is 13.2 Å². The molecular weight excluding hydrogens is 396 g/mol. The Bertz CT molecular complexity index is 389. The van der Waals surface area contributed by atoms with Gasteiger partial charge >= 0.3 is 0 Å². The molecule has 0 fully saturated rings. The maximum atomic E-state index is 12.4. The normalized spacial score (nSPS) is 15.5. The number of amides is 2. The molecule has 0 aromatic carbocycles. The summed E-state index contributed by atoms with van der Waals surface area (Å²) in [7, 11) is 2.81. The standard InChI is InChI=1S/C20H40N2O4S2/c1-7-11-13-25-17(9-3)21-19(23)15(5)27-28-16(6)20(24)22-18(10-4)26-14-12-8-2/h15-18H,7-14H2,1-6H3,(H,21,23)(H,22,24). The predicted molar refractivity (Wildman–Crippen MR) is 120 cm³/mol. The third-order valence-corrected chi connectivity index (χ3v) is 7.25. The molecule has 4 unspecified atom stereocenters. The highest BCUT2D eigenvalue weighted by Crippen LogP contribution is 2.31. The molecule has 0 aliphatic rings. The van der Waals surface area contributed by atoms with Gasteiger partial charge in [-0.1, -0.05) is 62.1 Å². The first-order chi connectivity index (χ1) is 13.4. The van der Waals surface area contributed by atoms with Gasteiger partial charge in [-0.15, -0.1) is 0 Å². The number of carbonyl (C=O) groups excluding carboxylic acids is 2. The molecule has 6 nitrogen and oxygen atoms in total. The number of hydrogen-bond donors (Lipinski definition) is 2. The molecule has 0 saturated heterocycles. The van der Waals surface area contributed by atoms with E-state index < -0.39 is 0 Å². The summed E-state index contributed by atoms with van der Waals surface area (Å²) < 4.78 is 11.4. The molecule has 0 heterocycles. The third kappa shape index (κ3) is 12.9. The minimum atomic E-state index is -0.271. The smallest absolute Gasteiger partial charge is 0.235 e. The summed E-state index contributed by atoms with van der Waals surface area (Å²) >= 11 is 0. The lowest BCUT2D eigenvalue weighted by Crippen LogP contribution is -2.41. The Morgan fingerprint density at radius 2 is 1.11 bits per heavy atom. The van der Waals surface area contributed by atoms with Crippen LogP contribution in [0.2, 0.25) is 0 Å². The van der Waals surface area contributed by atoms with Gasteiger partial charge in [0.25, 0.3) is 0 Å². The van der Waals surface area contributed by atoms with Gasteiger partial charge in [0, 0.05) is 13.2 Å². The van der Waals surface area contributed by atoms with Crippen molar-refractivity contribution in [3.8, 4) is 0 Å². The van der Waals surface area contributed by atoms with Crippen molar-refractivity contribution in [3.05, 3.63) is 0 Å². The van der Waals surface area contributed by atoms with E-state index in [1.165, 1.54) is 21.6 Å². The van der Waals surface area contributed by atoms with E-state index in [0.717, 1.165) is 38.5 Å². The second-order valence-electron chi connectivity index (χ2n) is 6.74. The highest BCUT2D eigenvalue weighted by molar-refractivity contribution is 8.77. The molecule has 2 N–H and O–H groups in total. The third-order valence-electron chi connectivity index (χ3n) is 4.06. The molecule has 0 aliphatic carbocycles. The number of rotatable bonds is 17. The summed E-state index contributed by atoms with van der Waals surface area (Å²) in [6.45, 7) is 13.2. The van der Waals surface area contributed by atoms with Crippen LogP contribution < -0.4 is 10.6 Å². The van der Waals surface area contributed by atoms with Crippen LogP contribution in [0.15, 0.2) is 0 Å². The van der Waals surface area contributed by atoms with Crippen molar-refractivity contribution in [1.29, 1.82) is 0 Å². The van der Waals surface area contributed by atoms with E-state index in [9.17, 15) is 9.59 Å². The van der Waals surface area contributed by atoms with Crippen LogP contribution in [-0.4, -0.2) is 48.0 Å². The Labute approximate surface area is 179 Å². The average molecular weight is 437 g/mol. The number of unbranched alkanes of at least 4 members (excludes halogenated alkanes) is 2. The van der Waals surface area contributed by atoms with Gasteiger partial charge in [-0.05, 0) is 39.5 Å². The van der Waals surface area contributed by atoms with Gasteiger partial charge in [0.1, 0.15) is 12.5 Å². The maximum absolute atomic E-state index is 12.4.